The Kier molecular flexibility index (Phi) is 7.36. The van der Waals surface area contributed by atoms with Crippen molar-refractivity contribution in [3.05, 3.63) is 72.1 Å². The SMILES string of the molecule is CC(C)(CC/C=C/C(=O)O)[C@@H](OC(=O)Nc1ccccc1)c1ccc(O)c(F)c1. The Morgan fingerprint density at radius 1 is 1.21 bits per heavy atom. The summed E-state index contributed by atoms with van der Waals surface area (Å²) in [5, 5.41) is 20.8. The van der Waals surface area contributed by atoms with Crippen LogP contribution in [0.5, 0.6) is 5.75 Å². The first kappa shape index (κ1) is 21.9. The third kappa shape index (κ3) is 6.64. The third-order valence-corrected chi connectivity index (χ3v) is 4.45. The molecule has 7 heteroatoms. The van der Waals surface area contributed by atoms with Crippen LogP contribution in [0.1, 0.15) is 38.4 Å². The van der Waals surface area contributed by atoms with E-state index in [-0.39, 0.29) is 0 Å². The van der Waals surface area contributed by atoms with Gasteiger partial charge in [-0.3, -0.25) is 5.32 Å². The number of hydrogen-bond donors (Lipinski definition) is 3. The molecule has 29 heavy (non-hydrogen) atoms. The number of carboxylic acids is 1. The van der Waals surface area contributed by atoms with Crippen molar-refractivity contribution in [3.63, 3.8) is 0 Å². The highest BCUT2D eigenvalue weighted by atomic mass is 19.1. The number of rotatable bonds is 8. The molecule has 2 rings (SSSR count). The van der Waals surface area contributed by atoms with E-state index in [4.69, 9.17) is 9.84 Å². The highest BCUT2D eigenvalue weighted by Gasteiger charge is 2.34. The first-order valence-electron chi connectivity index (χ1n) is 9.09. The number of carboxylic acid groups (broad SMARTS) is 1. The molecule has 1 atom stereocenters. The number of amides is 1. The van der Waals surface area contributed by atoms with Crippen LogP contribution in [0.4, 0.5) is 14.9 Å². The zero-order valence-corrected chi connectivity index (χ0v) is 16.3. The van der Waals surface area contributed by atoms with Gasteiger partial charge in [0.15, 0.2) is 11.6 Å². The van der Waals surface area contributed by atoms with Gasteiger partial charge < -0.3 is 14.9 Å². The second-order valence-corrected chi connectivity index (χ2v) is 7.26. The Morgan fingerprint density at radius 2 is 1.90 bits per heavy atom. The maximum atomic E-state index is 13.9. The van der Waals surface area contributed by atoms with Gasteiger partial charge in [-0.1, -0.05) is 44.2 Å². The van der Waals surface area contributed by atoms with Crippen LogP contribution in [0, 0.1) is 11.2 Å². The van der Waals surface area contributed by atoms with Gasteiger partial charge in [0.25, 0.3) is 0 Å². The predicted molar refractivity (Wildman–Crippen MR) is 107 cm³/mol. The van der Waals surface area contributed by atoms with Crippen molar-refractivity contribution in [2.75, 3.05) is 5.32 Å². The number of para-hydroxylation sites is 1. The molecule has 0 aliphatic heterocycles. The lowest BCUT2D eigenvalue weighted by Crippen LogP contribution is -2.29. The fraction of sp³-hybridized carbons (Fsp3) is 0.273. The summed E-state index contributed by atoms with van der Waals surface area (Å²) in [6.45, 7) is 3.68. The number of benzene rings is 2. The lowest BCUT2D eigenvalue weighted by atomic mass is 9.78. The molecule has 0 heterocycles. The average molecular weight is 401 g/mol. The normalized spacial score (nSPS) is 12.5. The van der Waals surface area contributed by atoms with Crippen molar-refractivity contribution in [2.45, 2.75) is 32.8 Å². The first-order chi connectivity index (χ1) is 13.7. The largest absolute Gasteiger partial charge is 0.505 e. The van der Waals surface area contributed by atoms with Crippen molar-refractivity contribution < 1.29 is 28.9 Å². The van der Waals surface area contributed by atoms with Crippen LogP contribution in [-0.2, 0) is 9.53 Å². The van der Waals surface area contributed by atoms with Gasteiger partial charge in [-0.25, -0.2) is 14.0 Å². The van der Waals surface area contributed by atoms with Crippen molar-refractivity contribution >= 4 is 17.7 Å². The molecule has 0 aliphatic rings. The van der Waals surface area contributed by atoms with Crippen LogP contribution < -0.4 is 5.32 Å². The molecule has 2 aromatic rings. The number of phenols is 1. The number of phenolic OH excluding ortho intramolecular Hbond substituents is 1. The quantitative estimate of drug-likeness (QED) is 0.524. The number of aromatic hydroxyl groups is 1. The minimum Gasteiger partial charge on any atom is -0.505 e. The van der Waals surface area contributed by atoms with E-state index in [1.165, 1.54) is 18.2 Å². The number of aliphatic carboxylic acids is 1. The smallest absolute Gasteiger partial charge is 0.412 e. The average Bonchev–Trinajstić information content (AvgIpc) is 2.66. The number of hydrogen-bond acceptors (Lipinski definition) is 4. The van der Waals surface area contributed by atoms with Crippen LogP contribution in [0.25, 0.3) is 0 Å². The van der Waals surface area contributed by atoms with Crippen molar-refractivity contribution in [2.24, 2.45) is 5.41 Å². The van der Waals surface area contributed by atoms with E-state index in [0.29, 0.717) is 24.1 Å². The minimum atomic E-state index is -1.04. The van der Waals surface area contributed by atoms with E-state index in [2.05, 4.69) is 5.32 Å². The van der Waals surface area contributed by atoms with Gasteiger partial charge in [0, 0.05) is 17.2 Å². The Morgan fingerprint density at radius 3 is 2.52 bits per heavy atom. The molecule has 3 N–H and O–H groups in total. The molecule has 0 radical (unpaired) electrons. The van der Waals surface area contributed by atoms with E-state index < -0.39 is 35.1 Å². The number of carbonyl (C=O) groups is 2. The van der Waals surface area contributed by atoms with Crippen molar-refractivity contribution in [1.82, 2.24) is 0 Å². The molecule has 0 unspecified atom stereocenters. The summed E-state index contributed by atoms with van der Waals surface area (Å²) in [6.07, 6.45) is 1.93. The summed E-state index contributed by atoms with van der Waals surface area (Å²) in [4.78, 5) is 23.1. The topological polar surface area (TPSA) is 95.9 Å². The molecule has 0 bridgehead atoms. The van der Waals surface area contributed by atoms with E-state index in [1.807, 2.05) is 19.9 Å². The Hall–Kier alpha value is -3.35. The lowest BCUT2D eigenvalue weighted by molar-refractivity contribution is -0.131. The van der Waals surface area contributed by atoms with Gasteiger partial charge >= 0.3 is 12.1 Å². The standard InChI is InChI=1S/C22H24FNO5/c1-22(2,13-7-6-10-19(26)27)20(15-11-12-18(25)17(23)14-15)29-21(28)24-16-8-4-3-5-9-16/h3-6,8-12,14,20,25H,7,13H2,1-2H3,(H,24,28)(H,26,27)/b10-6+/t20-/m0/s1. The van der Waals surface area contributed by atoms with Crippen LogP contribution in [0.2, 0.25) is 0 Å². The summed E-state index contributed by atoms with van der Waals surface area (Å²) in [6, 6.07) is 12.6. The number of nitrogens with one attached hydrogen (secondary N) is 1. The summed E-state index contributed by atoms with van der Waals surface area (Å²) in [7, 11) is 0. The minimum absolute atomic E-state index is 0.385. The fourth-order valence-electron chi connectivity index (χ4n) is 2.91. The lowest BCUT2D eigenvalue weighted by Gasteiger charge is -2.34. The highest BCUT2D eigenvalue weighted by molar-refractivity contribution is 5.84. The summed E-state index contributed by atoms with van der Waals surface area (Å²) < 4.78 is 19.6. The maximum Gasteiger partial charge on any atom is 0.412 e. The van der Waals surface area contributed by atoms with E-state index in [0.717, 1.165) is 12.1 Å². The summed E-state index contributed by atoms with van der Waals surface area (Å²) >= 11 is 0. The van der Waals surface area contributed by atoms with Crippen LogP contribution in [0.3, 0.4) is 0 Å². The monoisotopic (exact) mass is 401 g/mol. The number of allylic oxidation sites excluding steroid dienone is 1. The van der Waals surface area contributed by atoms with Gasteiger partial charge in [0.1, 0.15) is 6.10 Å². The summed E-state index contributed by atoms with van der Waals surface area (Å²) in [5.41, 5.74) is 0.284. The zero-order chi connectivity index (χ0) is 21.4. The second kappa shape index (κ2) is 9.73. The van der Waals surface area contributed by atoms with Gasteiger partial charge in [0.2, 0.25) is 0 Å². The van der Waals surface area contributed by atoms with Gasteiger partial charge in [0.05, 0.1) is 0 Å². The molecule has 0 saturated carbocycles. The molecule has 1 amide bonds. The van der Waals surface area contributed by atoms with Crippen LogP contribution in [0.15, 0.2) is 60.7 Å². The fourth-order valence-corrected chi connectivity index (χ4v) is 2.91. The maximum absolute atomic E-state index is 13.9. The molecule has 154 valence electrons. The van der Waals surface area contributed by atoms with Gasteiger partial charge in [-0.05, 0) is 42.7 Å². The molecule has 0 aromatic heterocycles. The molecule has 0 saturated heterocycles. The highest BCUT2D eigenvalue weighted by Crippen LogP contribution is 2.41. The molecular formula is C22H24FNO5. The molecule has 6 nitrogen and oxygen atoms in total. The number of halogens is 1. The zero-order valence-electron chi connectivity index (χ0n) is 16.3. The Balaban J connectivity index is 2.23. The third-order valence-electron chi connectivity index (χ3n) is 4.45. The number of ether oxygens (including phenoxy) is 1. The molecule has 0 fully saturated rings. The molecule has 2 aromatic carbocycles. The Labute approximate surface area is 168 Å². The van der Waals surface area contributed by atoms with E-state index in [9.17, 15) is 19.1 Å². The van der Waals surface area contributed by atoms with Gasteiger partial charge in [-0.2, -0.15) is 0 Å². The van der Waals surface area contributed by atoms with E-state index >= 15 is 0 Å². The number of carbonyl (C=O) groups excluding carboxylic acids is 1. The second-order valence-electron chi connectivity index (χ2n) is 7.26. The predicted octanol–water partition coefficient (Wildman–Crippen LogP) is 5.27. The molecule has 0 spiro atoms. The first-order valence-corrected chi connectivity index (χ1v) is 9.09. The molecule has 0 aliphatic carbocycles. The van der Waals surface area contributed by atoms with Gasteiger partial charge in [-0.15, -0.1) is 0 Å². The van der Waals surface area contributed by atoms with Crippen LogP contribution in [-0.4, -0.2) is 22.3 Å². The van der Waals surface area contributed by atoms with Crippen molar-refractivity contribution in [3.8, 4) is 5.75 Å². The van der Waals surface area contributed by atoms with Crippen molar-refractivity contribution in [1.29, 1.82) is 0 Å². The number of anilines is 1. The van der Waals surface area contributed by atoms with E-state index in [1.54, 1.807) is 24.3 Å². The van der Waals surface area contributed by atoms with Crippen LogP contribution >= 0.6 is 0 Å². The summed E-state index contributed by atoms with van der Waals surface area (Å²) in [5.74, 6) is -2.36. The Bertz CT molecular complexity index is 880. The molecular weight excluding hydrogens is 377 g/mol.